The number of amides is 1. The Morgan fingerprint density at radius 1 is 1.18 bits per heavy atom. The average molecular weight is 383 g/mol. The van der Waals surface area contributed by atoms with E-state index in [1.54, 1.807) is 0 Å². The van der Waals surface area contributed by atoms with Crippen molar-refractivity contribution in [1.29, 1.82) is 0 Å². The molecule has 0 bridgehead atoms. The zero-order valence-electron chi connectivity index (χ0n) is 17.7. The number of aryl methyl sites for hydroxylation is 1. The van der Waals surface area contributed by atoms with Gasteiger partial charge in [0.05, 0.1) is 0 Å². The number of fused-ring (bicyclic) bond motifs is 1. The summed E-state index contributed by atoms with van der Waals surface area (Å²) in [6.07, 6.45) is 1.49. The zero-order chi connectivity index (χ0) is 20.5. The fourth-order valence-corrected chi connectivity index (χ4v) is 3.97. The van der Waals surface area contributed by atoms with Gasteiger partial charge in [-0.1, -0.05) is 39.0 Å². The van der Waals surface area contributed by atoms with E-state index in [1.165, 1.54) is 28.8 Å². The number of hydrogen-bond acceptors (Lipinski definition) is 2. The highest BCUT2D eigenvalue weighted by molar-refractivity contribution is 5.93. The maximum Gasteiger partial charge on any atom is 0.224 e. The van der Waals surface area contributed by atoms with Crippen molar-refractivity contribution in [3.05, 3.63) is 64.0 Å². The van der Waals surface area contributed by atoms with Crippen molar-refractivity contribution in [3.8, 4) is 0 Å². The Labute approximate surface area is 167 Å². The second-order valence-electron chi connectivity index (χ2n) is 9.20. The number of nitrogens with zero attached hydrogens (tertiary/aromatic N) is 1. The normalized spacial score (nSPS) is 14.6. The van der Waals surface area contributed by atoms with Crippen LogP contribution in [0.5, 0.6) is 0 Å². The minimum Gasteiger partial charge on any atom is -0.326 e. The van der Waals surface area contributed by atoms with Crippen LogP contribution < -0.4 is 5.32 Å². The second kappa shape index (κ2) is 8.04. The van der Waals surface area contributed by atoms with E-state index in [1.807, 2.05) is 12.1 Å². The highest BCUT2D eigenvalue weighted by Gasteiger charge is 2.23. The maximum atomic E-state index is 13.2. The first kappa shape index (κ1) is 20.5. The van der Waals surface area contributed by atoms with Gasteiger partial charge in [-0.2, -0.15) is 0 Å². The van der Waals surface area contributed by atoms with Crippen molar-refractivity contribution < 1.29 is 9.18 Å². The molecule has 1 aliphatic heterocycles. The maximum absolute atomic E-state index is 13.2. The van der Waals surface area contributed by atoms with Gasteiger partial charge in [0.1, 0.15) is 5.82 Å². The third-order valence-electron chi connectivity index (χ3n) is 5.35. The molecule has 2 aromatic rings. The first-order valence-electron chi connectivity index (χ1n) is 10.0. The first-order valence-corrected chi connectivity index (χ1v) is 10.0. The largest absolute Gasteiger partial charge is 0.326 e. The van der Waals surface area contributed by atoms with Crippen LogP contribution in [0.25, 0.3) is 0 Å². The molecule has 4 heteroatoms. The third-order valence-corrected chi connectivity index (χ3v) is 5.35. The fourth-order valence-electron chi connectivity index (χ4n) is 3.97. The lowest BCUT2D eigenvalue weighted by Crippen LogP contribution is -2.31. The molecule has 28 heavy (non-hydrogen) atoms. The number of hydrogen-bond donors (Lipinski definition) is 1. The minimum absolute atomic E-state index is 0.0357. The van der Waals surface area contributed by atoms with Gasteiger partial charge in [-0.25, -0.2) is 4.39 Å². The Bertz CT molecular complexity index is 866. The van der Waals surface area contributed by atoms with Gasteiger partial charge in [-0.3, -0.25) is 9.69 Å². The molecule has 0 radical (unpaired) electrons. The number of anilines is 1. The molecule has 0 spiro atoms. The molecule has 0 atom stereocenters. The van der Waals surface area contributed by atoms with Gasteiger partial charge >= 0.3 is 0 Å². The van der Waals surface area contributed by atoms with Gasteiger partial charge in [-0.15, -0.1) is 0 Å². The quantitative estimate of drug-likeness (QED) is 0.770. The smallest absolute Gasteiger partial charge is 0.224 e. The molecular weight excluding hydrogens is 351 g/mol. The molecule has 2 aromatic carbocycles. The summed E-state index contributed by atoms with van der Waals surface area (Å²) >= 11 is 0. The van der Waals surface area contributed by atoms with Crippen molar-refractivity contribution in [2.45, 2.75) is 60.5 Å². The van der Waals surface area contributed by atoms with E-state index in [9.17, 15) is 9.18 Å². The van der Waals surface area contributed by atoms with Crippen LogP contribution in [-0.4, -0.2) is 17.4 Å². The van der Waals surface area contributed by atoms with Gasteiger partial charge in [0, 0.05) is 31.7 Å². The molecule has 3 rings (SSSR count). The molecule has 1 aliphatic rings. The van der Waals surface area contributed by atoms with Crippen LogP contribution in [-0.2, 0) is 24.3 Å². The number of carbonyl (C=O) groups is 1. The SMILES string of the molecule is Cc1cc2c(c(C)c1NC(=O)CC(C)(C)C)CN(Cc1ccc(F)cc1)CC2. The molecule has 1 amide bonds. The Kier molecular flexibility index (Phi) is 5.90. The van der Waals surface area contributed by atoms with Crippen LogP contribution in [0.4, 0.5) is 10.1 Å². The van der Waals surface area contributed by atoms with Crippen molar-refractivity contribution in [1.82, 2.24) is 4.90 Å². The van der Waals surface area contributed by atoms with E-state index in [0.29, 0.717) is 6.42 Å². The molecule has 1 heterocycles. The van der Waals surface area contributed by atoms with Crippen molar-refractivity contribution in [3.63, 3.8) is 0 Å². The van der Waals surface area contributed by atoms with E-state index < -0.39 is 0 Å². The van der Waals surface area contributed by atoms with E-state index in [0.717, 1.165) is 42.9 Å². The van der Waals surface area contributed by atoms with Gasteiger partial charge < -0.3 is 5.32 Å². The van der Waals surface area contributed by atoms with Crippen LogP contribution >= 0.6 is 0 Å². The fraction of sp³-hybridized carbons (Fsp3) is 0.458. The van der Waals surface area contributed by atoms with Crippen LogP contribution in [0, 0.1) is 25.1 Å². The summed E-state index contributed by atoms with van der Waals surface area (Å²) in [7, 11) is 0. The summed E-state index contributed by atoms with van der Waals surface area (Å²) in [4.78, 5) is 14.9. The number of benzene rings is 2. The van der Waals surface area contributed by atoms with Gasteiger partial charge in [-0.05, 0) is 65.6 Å². The lowest BCUT2D eigenvalue weighted by atomic mass is 9.90. The molecule has 150 valence electrons. The zero-order valence-corrected chi connectivity index (χ0v) is 17.7. The topological polar surface area (TPSA) is 32.3 Å². The van der Waals surface area contributed by atoms with Crippen molar-refractivity contribution in [2.24, 2.45) is 5.41 Å². The lowest BCUT2D eigenvalue weighted by molar-refractivity contribution is -0.117. The second-order valence-corrected chi connectivity index (χ2v) is 9.20. The predicted molar refractivity (Wildman–Crippen MR) is 113 cm³/mol. The Hall–Kier alpha value is -2.20. The van der Waals surface area contributed by atoms with Crippen LogP contribution in [0.15, 0.2) is 30.3 Å². The number of halogens is 1. The molecule has 3 nitrogen and oxygen atoms in total. The number of nitrogens with one attached hydrogen (secondary N) is 1. The minimum atomic E-state index is -0.199. The van der Waals surface area contributed by atoms with Gasteiger partial charge in [0.25, 0.3) is 0 Å². The predicted octanol–water partition coefficient (Wildman–Crippen LogP) is 5.38. The van der Waals surface area contributed by atoms with Crippen LogP contribution in [0.2, 0.25) is 0 Å². The molecule has 0 saturated heterocycles. The molecule has 0 saturated carbocycles. The summed E-state index contributed by atoms with van der Waals surface area (Å²) < 4.78 is 13.2. The van der Waals surface area contributed by atoms with E-state index in [-0.39, 0.29) is 17.1 Å². The summed E-state index contributed by atoms with van der Waals surface area (Å²) in [6, 6.07) is 8.97. The molecule has 1 N–H and O–H groups in total. The summed E-state index contributed by atoms with van der Waals surface area (Å²) in [5.74, 6) is -0.132. The Balaban J connectivity index is 1.79. The Morgan fingerprint density at radius 2 is 1.86 bits per heavy atom. The summed E-state index contributed by atoms with van der Waals surface area (Å²) in [5, 5.41) is 3.16. The van der Waals surface area contributed by atoms with Crippen LogP contribution in [0.3, 0.4) is 0 Å². The van der Waals surface area contributed by atoms with Gasteiger partial charge in [0.15, 0.2) is 0 Å². The summed E-state index contributed by atoms with van der Waals surface area (Å²) in [6.45, 7) is 13.1. The number of carbonyl (C=O) groups excluding carboxylic acids is 1. The van der Waals surface area contributed by atoms with Crippen molar-refractivity contribution in [2.75, 3.05) is 11.9 Å². The molecule has 0 unspecified atom stereocenters. The third kappa shape index (κ3) is 4.99. The first-order chi connectivity index (χ1) is 13.1. The van der Waals surface area contributed by atoms with E-state index in [2.05, 4.69) is 50.9 Å². The molecule has 0 aliphatic carbocycles. The average Bonchev–Trinajstić information content (AvgIpc) is 2.60. The summed E-state index contributed by atoms with van der Waals surface area (Å²) in [5.41, 5.74) is 7.02. The molecular formula is C24H31FN2O. The Morgan fingerprint density at radius 3 is 2.50 bits per heavy atom. The highest BCUT2D eigenvalue weighted by atomic mass is 19.1. The lowest BCUT2D eigenvalue weighted by Gasteiger charge is -2.31. The monoisotopic (exact) mass is 382 g/mol. The highest BCUT2D eigenvalue weighted by Crippen LogP contribution is 2.32. The molecule has 0 fully saturated rings. The number of rotatable bonds is 4. The molecule has 0 aromatic heterocycles. The van der Waals surface area contributed by atoms with Crippen LogP contribution in [0.1, 0.15) is 55.0 Å². The van der Waals surface area contributed by atoms with Crippen molar-refractivity contribution >= 4 is 11.6 Å². The standard InChI is InChI=1S/C24H31FN2O/c1-16-12-19-10-11-27(14-18-6-8-20(25)9-7-18)15-21(19)17(2)23(16)26-22(28)13-24(3,4)5/h6-9,12H,10-11,13-15H2,1-5H3,(H,26,28). The van der Waals surface area contributed by atoms with E-state index in [4.69, 9.17) is 0 Å². The van der Waals surface area contributed by atoms with Gasteiger partial charge in [0.2, 0.25) is 5.91 Å². The van der Waals surface area contributed by atoms with E-state index >= 15 is 0 Å².